The number of thioether (sulfide) groups is 1. The quantitative estimate of drug-likeness (QED) is 0.826. The molecule has 0 bridgehead atoms. The minimum absolute atomic E-state index is 0.116. The van der Waals surface area contributed by atoms with Crippen LogP contribution in [0.25, 0.3) is 0 Å². The van der Waals surface area contributed by atoms with E-state index in [0.29, 0.717) is 22.2 Å². The Hall–Kier alpha value is -1.17. The fourth-order valence-corrected chi connectivity index (χ4v) is 2.99. The van der Waals surface area contributed by atoms with Crippen molar-refractivity contribution < 1.29 is 4.79 Å². The van der Waals surface area contributed by atoms with Crippen LogP contribution in [-0.4, -0.2) is 20.7 Å². The van der Waals surface area contributed by atoms with Crippen molar-refractivity contribution in [2.45, 2.75) is 23.8 Å². The number of aromatic nitrogens is 2. The van der Waals surface area contributed by atoms with Crippen LogP contribution in [0.4, 0.5) is 5.69 Å². The summed E-state index contributed by atoms with van der Waals surface area (Å²) in [5, 5.41) is 4.36. The van der Waals surface area contributed by atoms with Gasteiger partial charge in [-0.05, 0) is 24.6 Å². The average Bonchev–Trinajstić information content (AvgIpc) is 2.85. The van der Waals surface area contributed by atoms with Crippen LogP contribution in [0.1, 0.15) is 13.3 Å². The van der Waals surface area contributed by atoms with Gasteiger partial charge in [0, 0.05) is 24.5 Å². The van der Waals surface area contributed by atoms with Crippen LogP contribution in [-0.2, 0) is 11.8 Å². The molecule has 1 unspecified atom stereocenters. The lowest BCUT2D eigenvalue weighted by Crippen LogP contribution is -2.25. The third-order valence-electron chi connectivity index (χ3n) is 2.87. The zero-order valence-electron chi connectivity index (χ0n) is 11.6. The number of aryl methyl sites for hydroxylation is 1. The van der Waals surface area contributed by atoms with Gasteiger partial charge in [0.2, 0.25) is 5.91 Å². The summed E-state index contributed by atoms with van der Waals surface area (Å²) in [6.45, 7) is 1.96. The van der Waals surface area contributed by atoms with Gasteiger partial charge < -0.3 is 9.88 Å². The molecule has 1 amide bonds. The second-order valence-corrected chi connectivity index (χ2v) is 6.46. The Labute approximate surface area is 137 Å². The second kappa shape index (κ2) is 7.20. The molecule has 1 atom stereocenters. The Bertz CT molecular complexity index is 645. The molecule has 1 aromatic carbocycles. The summed E-state index contributed by atoms with van der Waals surface area (Å²) < 4.78 is 1.88. The van der Waals surface area contributed by atoms with Crippen molar-refractivity contribution in [1.82, 2.24) is 9.55 Å². The topological polar surface area (TPSA) is 46.9 Å². The summed E-state index contributed by atoms with van der Waals surface area (Å²) in [4.78, 5) is 16.6. The third-order valence-corrected chi connectivity index (χ3v) is 4.87. The first-order valence-corrected chi connectivity index (χ1v) is 8.04. The van der Waals surface area contributed by atoms with E-state index in [2.05, 4.69) is 10.3 Å². The SMILES string of the molecule is CCC(Sc1nccn1C)C(=O)Nc1cc(Cl)ccc1Cl. The molecule has 1 N–H and O–H groups in total. The lowest BCUT2D eigenvalue weighted by molar-refractivity contribution is -0.115. The number of benzene rings is 1. The molecule has 0 saturated heterocycles. The van der Waals surface area contributed by atoms with E-state index in [9.17, 15) is 4.79 Å². The van der Waals surface area contributed by atoms with Gasteiger partial charge in [0.1, 0.15) is 0 Å². The van der Waals surface area contributed by atoms with Crippen LogP contribution in [0, 0.1) is 0 Å². The molecule has 0 aliphatic rings. The Morgan fingerprint density at radius 1 is 1.48 bits per heavy atom. The van der Waals surface area contributed by atoms with E-state index in [4.69, 9.17) is 23.2 Å². The van der Waals surface area contributed by atoms with Crippen molar-refractivity contribution in [2.24, 2.45) is 7.05 Å². The third kappa shape index (κ3) is 4.15. The number of imidazole rings is 1. The summed E-state index contributed by atoms with van der Waals surface area (Å²) in [5.74, 6) is -0.116. The summed E-state index contributed by atoms with van der Waals surface area (Å²) >= 11 is 13.4. The van der Waals surface area contributed by atoms with E-state index >= 15 is 0 Å². The van der Waals surface area contributed by atoms with E-state index in [1.165, 1.54) is 11.8 Å². The Kier molecular flexibility index (Phi) is 5.56. The molecule has 0 aliphatic carbocycles. The molecule has 21 heavy (non-hydrogen) atoms. The van der Waals surface area contributed by atoms with Crippen LogP contribution >= 0.6 is 35.0 Å². The van der Waals surface area contributed by atoms with Gasteiger partial charge >= 0.3 is 0 Å². The molecule has 0 fully saturated rings. The average molecular weight is 344 g/mol. The maximum Gasteiger partial charge on any atom is 0.238 e. The lowest BCUT2D eigenvalue weighted by atomic mass is 10.2. The number of anilines is 1. The summed E-state index contributed by atoms with van der Waals surface area (Å²) in [6.07, 6.45) is 4.24. The van der Waals surface area contributed by atoms with E-state index in [1.54, 1.807) is 24.4 Å². The monoisotopic (exact) mass is 343 g/mol. The van der Waals surface area contributed by atoms with Crippen molar-refractivity contribution in [3.05, 3.63) is 40.6 Å². The van der Waals surface area contributed by atoms with Gasteiger partial charge in [-0.1, -0.05) is 41.9 Å². The van der Waals surface area contributed by atoms with Gasteiger partial charge in [0.05, 0.1) is 16.0 Å². The van der Waals surface area contributed by atoms with Crippen molar-refractivity contribution >= 4 is 46.6 Å². The molecule has 0 saturated carbocycles. The number of hydrogen-bond donors (Lipinski definition) is 1. The van der Waals surface area contributed by atoms with Gasteiger partial charge in [-0.25, -0.2) is 4.98 Å². The standard InChI is InChI=1S/C14H15Cl2N3OS/c1-3-12(21-14-17-6-7-19(14)2)13(20)18-11-8-9(15)4-5-10(11)16/h4-8,12H,3H2,1-2H3,(H,18,20). The first kappa shape index (κ1) is 16.2. The molecule has 2 aromatic rings. The molecule has 7 heteroatoms. The van der Waals surface area contributed by atoms with Gasteiger partial charge in [-0.15, -0.1) is 0 Å². The van der Waals surface area contributed by atoms with Crippen molar-refractivity contribution in [2.75, 3.05) is 5.32 Å². The van der Waals surface area contributed by atoms with Crippen molar-refractivity contribution in [3.8, 4) is 0 Å². The predicted molar refractivity (Wildman–Crippen MR) is 88.2 cm³/mol. The van der Waals surface area contributed by atoms with E-state index in [1.807, 2.05) is 24.7 Å². The van der Waals surface area contributed by atoms with Gasteiger partial charge in [0.25, 0.3) is 0 Å². The number of carbonyl (C=O) groups is 1. The lowest BCUT2D eigenvalue weighted by Gasteiger charge is -2.15. The molecular weight excluding hydrogens is 329 g/mol. The van der Waals surface area contributed by atoms with Gasteiger partial charge in [-0.3, -0.25) is 4.79 Å². The van der Waals surface area contributed by atoms with E-state index in [-0.39, 0.29) is 11.2 Å². The maximum absolute atomic E-state index is 12.4. The molecule has 4 nitrogen and oxygen atoms in total. The number of nitrogens with zero attached hydrogens (tertiary/aromatic N) is 2. The highest BCUT2D eigenvalue weighted by Gasteiger charge is 2.20. The molecule has 112 valence electrons. The fraction of sp³-hybridized carbons (Fsp3) is 0.286. The summed E-state index contributed by atoms with van der Waals surface area (Å²) in [7, 11) is 1.90. The summed E-state index contributed by atoms with van der Waals surface area (Å²) in [6, 6.07) is 4.98. The number of carbonyl (C=O) groups excluding carboxylic acids is 1. The minimum atomic E-state index is -0.249. The number of hydrogen-bond acceptors (Lipinski definition) is 3. The Morgan fingerprint density at radius 2 is 2.24 bits per heavy atom. The van der Waals surface area contributed by atoms with Crippen LogP contribution < -0.4 is 5.32 Å². The number of amides is 1. The molecule has 1 heterocycles. The smallest absolute Gasteiger partial charge is 0.238 e. The van der Waals surface area contributed by atoms with Gasteiger partial charge in [0.15, 0.2) is 5.16 Å². The highest BCUT2D eigenvalue weighted by Crippen LogP contribution is 2.28. The summed E-state index contributed by atoms with van der Waals surface area (Å²) in [5.41, 5.74) is 0.521. The minimum Gasteiger partial charge on any atom is -0.329 e. The van der Waals surface area contributed by atoms with Crippen LogP contribution in [0.15, 0.2) is 35.7 Å². The van der Waals surface area contributed by atoms with Crippen molar-refractivity contribution in [1.29, 1.82) is 0 Å². The molecule has 2 rings (SSSR count). The second-order valence-electron chi connectivity index (χ2n) is 4.45. The zero-order chi connectivity index (χ0) is 15.4. The largest absolute Gasteiger partial charge is 0.329 e. The highest BCUT2D eigenvalue weighted by atomic mass is 35.5. The molecule has 0 aliphatic heterocycles. The van der Waals surface area contributed by atoms with E-state index < -0.39 is 0 Å². The maximum atomic E-state index is 12.4. The molecular formula is C14H15Cl2N3OS. The molecule has 0 spiro atoms. The normalized spacial score (nSPS) is 12.2. The molecule has 0 radical (unpaired) electrons. The Balaban J connectivity index is 2.10. The number of nitrogens with one attached hydrogen (secondary N) is 1. The first-order chi connectivity index (χ1) is 10.0. The van der Waals surface area contributed by atoms with Crippen molar-refractivity contribution in [3.63, 3.8) is 0 Å². The Morgan fingerprint density at radius 3 is 2.86 bits per heavy atom. The predicted octanol–water partition coefficient (Wildman–Crippen LogP) is 4.24. The van der Waals surface area contributed by atoms with E-state index in [0.717, 1.165) is 5.16 Å². The van der Waals surface area contributed by atoms with Crippen LogP contribution in [0.5, 0.6) is 0 Å². The highest BCUT2D eigenvalue weighted by molar-refractivity contribution is 8.00. The molecule has 1 aromatic heterocycles. The first-order valence-electron chi connectivity index (χ1n) is 6.41. The number of rotatable bonds is 5. The fourth-order valence-electron chi connectivity index (χ4n) is 1.72. The van der Waals surface area contributed by atoms with Crippen LogP contribution in [0.3, 0.4) is 0 Å². The van der Waals surface area contributed by atoms with Crippen LogP contribution in [0.2, 0.25) is 10.0 Å². The zero-order valence-corrected chi connectivity index (χ0v) is 14.0. The van der Waals surface area contributed by atoms with Gasteiger partial charge in [-0.2, -0.15) is 0 Å². The number of halogens is 2.